The van der Waals surface area contributed by atoms with E-state index in [-0.39, 0.29) is 35.8 Å². The van der Waals surface area contributed by atoms with Gasteiger partial charge in [-0.3, -0.25) is 0 Å². The van der Waals surface area contributed by atoms with Gasteiger partial charge < -0.3 is 25.2 Å². The van der Waals surface area contributed by atoms with E-state index in [4.69, 9.17) is 9.47 Å². The Balaban J connectivity index is 0.00000420. The first kappa shape index (κ1) is 25.0. The molecule has 0 aliphatic rings. The molecule has 2 aromatic rings. The smallest absolute Gasteiger partial charge is 0.191 e. The first-order valence-electron chi connectivity index (χ1n) is 9.69. The fourth-order valence-electron chi connectivity index (χ4n) is 2.73. The lowest BCUT2D eigenvalue weighted by Gasteiger charge is -2.15. The number of phenolic OH excluding ortho intramolecular Hbond substituents is 1. The lowest BCUT2D eigenvalue weighted by Crippen LogP contribution is -2.38. The number of hydrogen-bond acceptors (Lipinski definition) is 4. The van der Waals surface area contributed by atoms with Crippen LogP contribution in [0.4, 0.5) is 0 Å². The van der Waals surface area contributed by atoms with Gasteiger partial charge in [-0.15, -0.1) is 24.0 Å². The number of hydrogen-bond donors (Lipinski definition) is 3. The molecule has 0 radical (unpaired) electrons. The zero-order valence-electron chi connectivity index (χ0n) is 17.4. The molecule has 0 bridgehead atoms. The van der Waals surface area contributed by atoms with Gasteiger partial charge in [-0.25, -0.2) is 4.99 Å². The molecule has 7 heteroatoms. The number of benzene rings is 2. The highest BCUT2D eigenvalue weighted by Crippen LogP contribution is 2.29. The van der Waals surface area contributed by atoms with Gasteiger partial charge in [-0.05, 0) is 31.9 Å². The summed E-state index contributed by atoms with van der Waals surface area (Å²) in [7, 11) is 1.54. The van der Waals surface area contributed by atoms with Crippen molar-refractivity contribution in [2.24, 2.45) is 4.99 Å². The number of nitrogens with zero attached hydrogens (tertiary/aromatic N) is 1. The van der Waals surface area contributed by atoms with E-state index in [0.29, 0.717) is 24.9 Å². The van der Waals surface area contributed by atoms with Gasteiger partial charge in [0.1, 0.15) is 0 Å². The van der Waals surface area contributed by atoms with Gasteiger partial charge in [-0.1, -0.05) is 42.5 Å². The van der Waals surface area contributed by atoms with Crippen LogP contribution in [0.5, 0.6) is 11.5 Å². The van der Waals surface area contributed by atoms with Crippen molar-refractivity contribution in [2.45, 2.75) is 32.9 Å². The summed E-state index contributed by atoms with van der Waals surface area (Å²) in [6, 6.07) is 15.6. The number of aromatic hydroxyl groups is 1. The van der Waals surface area contributed by atoms with E-state index in [2.05, 4.69) is 34.7 Å². The Morgan fingerprint density at radius 1 is 1.10 bits per heavy atom. The first-order valence-corrected chi connectivity index (χ1v) is 9.69. The minimum atomic E-state index is 0. The summed E-state index contributed by atoms with van der Waals surface area (Å²) in [5, 5.41) is 16.7. The predicted octanol–water partition coefficient (Wildman–Crippen LogP) is 4.24. The summed E-state index contributed by atoms with van der Waals surface area (Å²) in [6.45, 7) is 6.62. The van der Waals surface area contributed by atoms with Crippen LogP contribution in [0.25, 0.3) is 0 Å². The van der Waals surface area contributed by atoms with Gasteiger partial charge in [0.2, 0.25) is 0 Å². The molecule has 0 spiro atoms. The normalized spacial score (nSPS) is 12.0. The van der Waals surface area contributed by atoms with Crippen molar-refractivity contribution in [3.8, 4) is 11.5 Å². The maximum absolute atomic E-state index is 10.2. The molecule has 160 valence electrons. The highest BCUT2D eigenvalue weighted by atomic mass is 127. The summed E-state index contributed by atoms with van der Waals surface area (Å²) >= 11 is 0. The van der Waals surface area contributed by atoms with Crippen LogP contribution in [0.1, 0.15) is 37.5 Å². The molecule has 0 amide bonds. The number of phenols is 1. The van der Waals surface area contributed by atoms with Gasteiger partial charge in [0.25, 0.3) is 0 Å². The minimum Gasteiger partial charge on any atom is -0.504 e. The van der Waals surface area contributed by atoms with E-state index in [1.54, 1.807) is 6.07 Å². The van der Waals surface area contributed by atoms with Crippen molar-refractivity contribution in [3.05, 3.63) is 59.7 Å². The van der Waals surface area contributed by atoms with Crippen LogP contribution in [0, 0.1) is 0 Å². The molecule has 6 nitrogen and oxygen atoms in total. The summed E-state index contributed by atoms with van der Waals surface area (Å²) in [5.41, 5.74) is 1.90. The van der Waals surface area contributed by atoms with Crippen LogP contribution in [0.2, 0.25) is 0 Å². The zero-order valence-corrected chi connectivity index (χ0v) is 19.7. The Labute approximate surface area is 190 Å². The van der Waals surface area contributed by atoms with E-state index in [0.717, 1.165) is 25.1 Å². The molecule has 2 aromatic carbocycles. The van der Waals surface area contributed by atoms with Crippen LogP contribution in [-0.2, 0) is 11.3 Å². The average molecular weight is 513 g/mol. The van der Waals surface area contributed by atoms with Gasteiger partial charge in [0.15, 0.2) is 17.5 Å². The Morgan fingerprint density at radius 2 is 1.86 bits per heavy atom. The minimum absolute atomic E-state index is 0. The predicted molar refractivity (Wildman–Crippen MR) is 128 cm³/mol. The van der Waals surface area contributed by atoms with Gasteiger partial charge in [0.05, 0.1) is 19.8 Å². The largest absolute Gasteiger partial charge is 0.504 e. The molecule has 3 N–H and O–H groups in total. The first-order chi connectivity index (χ1) is 13.7. The van der Waals surface area contributed by atoms with Crippen molar-refractivity contribution in [1.82, 2.24) is 10.6 Å². The fraction of sp³-hybridized carbons (Fsp3) is 0.409. The number of halogens is 1. The molecule has 0 saturated heterocycles. The van der Waals surface area contributed by atoms with Crippen LogP contribution in [0.15, 0.2) is 53.5 Å². The van der Waals surface area contributed by atoms with Crippen molar-refractivity contribution in [1.29, 1.82) is 0 Å². The standard InChI is InChI=1S/C22H31N3O3.HI/c1-4-23-22(25-16-19-12-8-13-20(27-3)21(19)26)24-14-9-15-28-17(2)18-10-6-5-7-11-18;/h5-8,10-13,17,26H,4,9,14-16H2,1-3H3,(H2,23,24,25);1H. The summed E-state index contributed by atoms with van der Waals surface area (Å²) in [5.74, 6) is 1.30. The van der Waals surface area contributed by atoms with E-state index in [1.165, 1.54) is 12.7 Å². The van der Waals surface area contributed by atoms with E-state index in [1.807, 2.05) is 37.3 Å². The van der Waals surface area contributed by atoms with E-state index < -0.39 is 0 Å². The topological polar surface area (TPSA) is 75.1 Å². The summed E-state index contributed by atoms with van der Waals surface area (Å²) in [4.78, 5) is 4.54. The summed E-state index contributed by atoms with van der Waals surface area (Å²) in [6.07, 6.45) is 0.950. The van der Waals surface area contributed by atoms with Crippen molar-refractivity contribution in [2.75, 3.05) is 26.8 Å². The van der Waals surface area contributed by atoms with Crippen molar-refractivity contribution >= 4 is 29.9 Å². The third-order valence-corrected chi connectivity index (χ3v) is 4.30. The Morgan fingerprint density at radius 3 is 2.55 bits per heavy atom. The molecular formula is C22H32IN3O3. The number of guanidine groups is 1. The molecule has 1 atom stereocenters. The molecule has 1 unspecified atom stereocenters. The van der Waals surface area contributed by atoms with Crippen LogP contribution < -0.4 is 15.4 Å². The number of nitrogens with one attached hydrogen (secondary N) is 2. The second-order valence-electron chi connectivity index (χ2n) is 6.37. The van der Waals surface area contributed by atoms with E-state index in [9.17, 15) is 5.11 Å². The number of methoxy groups -OCH3 is 1. The van der Waals surface area contributed by atoms with Gasteiger partial charge >= 0.3 is 0 Å². The summed E-state index contributed by atoms with van der Waals surface area (Å²) < 4.78 is 11.0. The van der Waals surface area contributed by atoms with Gasteiger partial charge in [-0.2, -0.15) is 0 Å². The average Bonchev–Trinajstić information content (AvgIpc) is 2.73. The molecule has 0 aromatic heterocycles. The molecule has 2 rings (SSSR count). The molecule has 0 heterocycles. The van der Waals surface area contributed by atoms with Crippen LogP contribution >= 0.6 is 24.0 Å². The SMILES string of the molecule is CCNC(=NCc1cccc(OC)c1O)NCCCOC(C)c1ccccc1.I. The Kier molecular flexibility index (Phi) is 12.1. The molecule has 0 fully saturated rings. The van der Waals surface area contributed by atoms with E-state index >= 15 is 0 Å². The highest BCUT2D eigenvalue weighted by molar-refractivity contribution is 14.0. The third-order valence-electron chi connectivity index (χ3n) is 4.30. The second kappa shape index (κ2) is 14.1. The zero-order chi connectivity index (χ0) is 20.2. The Bertz CT molecular complexity index is 741. The number of ether oxygens (including phenoxy) is 2. The molecule has 0 aliphatic carbocycles. The number of para-hydroxylation sites is 1. The van der Waals surface area contributed by atoms with Crippen LogP contribution in [0.3, 0.4) is 0 Å². The van der Waals surface area contributed by atoms with Gasteiger partial charge in [0, 0.05) is 25.3 Å². The maximum atomic E-state index is 10.2. The molecule has 0 aliphatic heterocycles. The van der Waals surface area contributed by atoms with Crippen molar-refractivity contribution < 1.29 is 14.6 Å². The molecule has 0 saturated carbocycles. The molecular weight excluding hydrogens is 481 g/mol. The number of aliphatic imine (C=N–C) groups is 1. The lowest BCUT2D eigenvalue weighted by molar-refractivity contribution is 0.0646. The monoisotopic (exact) mass is 513 g/mol. The van der Waals surface area contributed by atoms with Crippen LogP contribution in [-0.4, -0.2) is 37.9 Å². The number of rotatable bonds is 10. The Hall–Kier alpha value is -2.00. The fourth-order valence-corrected chi connectivity index (χ4v) is 2.73. The maximum Gasteiger partial charge on any atom is 0.191 e. The highest BCUT2D eigenvalue weighted by Gasteiger charge is 2.07. The second-order valence-corrected chi connectivity index (χ2v) is 6.37. The molecule has 29 heavy (non-hydrogen) atoms. The quantitative estimate of drug-likeness (QED) is 0.192. The lowest BCUT2D eigenvalue weighted by atomic mass is 10.1. The third kappa shape index (κ3) is 8.49. The van der Waals surface area contributed by atoms with Crippen molar-refractivity contribution in [3.63, 3.8) is 0 Å².